The van der Waals surface area contributed by atoms with Gasteiger partial charge in [0.2, 0.25) is 5.91 Å². The number of imide groups is 1. The summed E-state index contributed by atoms with van der Waals surface area (Å²) in [5.74, 6) is -1.38. The second-order valence-electron chi connectivity index (χ2n) is 5.68. The zero-order chi connectivity index (χ0) is 17.3. The lowest BCUT2D eigenvalue weighted by Gasteiger charge is -2.11. The Labute approximate surface area is 139 Å². The number of hydrogen-bond acceptors (Lipinski definition) is 4. The van der Waals surface area contributed by atoms with Gasteiger partial charge < -0.3 is 9.30 Å². The summed E-state index contributed by atoms with van der Waals surface area (Å²) in [4.78, 5) is 36.8. The zero-order valence-electron chi connectivity index (χ0n) is 13.6. The molecule has 1 saturated heterocycles. The van der Waals surface area contributed by atoms with Crippen molar-refractivity contribution in [3.8, 4) is 0 Å². The Hall–Kier alpha value is -2.89. The van der Waals surface area contributed by atoms with Crippen molar-refractivity contribution in [1.82, 2.24) is 9.47 Å². The van der Waals surface area contributed by atoms with E-state index in [1.165, 1.54) is 0 Å². The summed E-state index contributed by atoms with van der Waals surface area (Å²) in [5, 5.41) is 1.06. The van der Waals surface area contributed by atoms with E-state index in [2.05, 4.69) is 0 Å². The van der Waals surface area contributed by atoms with E-state index in [1.807, 2.05) is 42.1 Å². The van der Waals surface area contributed by atoms with Gasteiger partial charge in [0.15, 0.2) is 0 Å². The number of nitrogens with zero attached hydrogens (tertiary/aromatic N) is 2. The number of amides is 2. The fourth-order valence-electron chi connectivity index (χ4n) is 2.82. The second kappa shape index (κ2) is 6.31. The van der Waals surface area contributed by atoms with Crippen molar-refractivity contribution >= 4 is 34.8 Å². The molecule has 1 aliphatic rings. The number of carbonyl (C=O) groups is 3. The summed E-state index contributed by atoms with van der Waals surface area (Å²) in [7, 11) is 1.97. The van der Waals surface area contributed by atoms with Crippen LogP contribution in [0, 0.1) is 0 Å². The molecule has 6 nitrogen and oxygen atoms in total. The number of aryl methyl sites for hydroxylation is 1. The van der Waals surface area contributed by atoms with Crippen LogP contribution >= 0.6 is 0 Å². The minimum absolute atomic E-state index is 0.00502. The average Bonchev–Trinajstić information content (AvgIpc) is 3.03. The van der Waals surface area contributed by atoms with Crippen LogP contribution in [0.1, 0.15) is 18.9 Å². The number of hydrogen-bond donors (Lipinski definition) is 0. The number of benzene rings is 1. The highest BCUT2D eigenvalue weighted by Gasteiger charge is 2.35. The third-order valence-corrected chi connectivity index (χ3v) is 4.01. The van der Waals surface area contributed by atoms with E-state index in [1.54, 1.807) is 13.0 Å². The summed E-state index contributed by atoms with van der Waals surface area (Å²) in [6.45, 7) is 1.56. The molecule has 0 spiro atoms. The molecule has 24 heavy (non-hydrogen) atoms. The lowest BCUT2D eigenvalue weighted by molar-refractivity contribution is -0.151. The Kier molecular flexibility index (Phi) is 4.20. The number of ether oxygens (including phenoxy) is 1. The Bertz CT molecular complexity index is 863. The molecular weight excluding hydrogens is 308 g/mol. The van der Waals surface area contributed by atoms with Gasteiger partial charge in [-0.3, -0.25) is 19.3 Å². The highest BCUT2D eigenvalue weighted by molar-refractivity contribution is 6.16. The molecule has 1 aromatic carbocycles. The molecular formula is C18H18N2O4. The summed E-state index contributed by atoms with van der Waals surface area (Å²) in [6, 6.07) is 7.83. The van der Waals surface area contributed by atoms with Crippen LogP contribution in [0.15, 0.2) is 36.0 Å². The third-order valence-electron chi connectivity index (χ3n) is 4.01. The topological polar surface area (TPSA) is 68.6 Å². The summed E-state index contributed by atoms with van der Waals surface area (Å²) >= 11 is 0. The van der Waals surface area contributed by atoms with Gasteiger partial charge in [0, 0.05) is 29.7 Å². The zero-order valence-corrected chi connectivity index (χ0v) is 13.6. The first-order valence-corrected chi connectivity index (χ1v) is 7.75. The van der Waals surface area contributed by atoms with Crippen molar-refractivity contribution in [2.75, 3.05) is 13.2 Å². The lowest BCUT2D eigenvalue weighted by atomic mass is 10.1. The highest BCUT2D eigenvalue weighted by atomic mass is 16.5. The quantitative estimate of drug-likeness (QED) is 0.489. The predicted molar refractivity (Wildman–Crippen MR) is 88.9 cm³/mol. The maximum atomic E-state index is 12.4. The maximum Gasteiger partial charge on any atom is 0.326 e. The summed E-state index contributed by atoms with van der Waals surface area (Å²) in [5.41, 5.74) is 2.33. The molecule has 1 fully saturated rings. The molecule has 0 radical (unpaired) electrons. The van der Waals surface area contributed by atoms with Crippen LogP contribution in [-0.4, -0.2) is 40.4 Å². The Morgan fingerprint density at radius 3 is 2.83 bits per heavy atom. The first-order chi connectivity index (χ1) is 11.5. The van der Waals surface area contributed by atoms with Crippen molar-refractivity contribution < 1.29 is 19.1 Å². The first kappa shape index (κ1) is 16.0. The maximum absolute atomic E-state index is 12.4. The van der Waals surface area contributed by atoms with Crippen molar-refractivity contribution in [2.24, 2.45) is 7.05 Å². The Balaban J connectivity index is 1.83. The Morgan fingerprint density at radius 1 is 1.29 bits per heavy atom. The molecule has 1 aromatic heterocycles. The third kappa shape index (κ3) is 2.95. The van der Waals surface area contributed by atoms with Gasteiger partial charge in [0.1, 0.15) is 6.54 Å². The Morgan fingerprint density at radius 2 is 2.08 bits per heavy atom. The molecule has 2 amide bonds. The van der Waals surface area contributed by atoms with E-state index in [4.69, 9.17) is 4.74 Å². The minimum atomic E-state index is -0.578. The molecule has 1 aliphatic heterocycles. The van der Waals surface area contributed by atoms with Crippen LogP contribution in [0.5, 0.6) is 0 Å². The van der Waals surface area contributed by atoms with E-state index < -0.39 is 11.9 Å². The van der Waals surface area contributed by atoms with E-state index >= 15 is 0 Å². The number of aromatic nitrogens is 1. The van der Waals surface area contributed by atoms with Crippen LogP contribution in [0.4, 0.5) is 0 Å². The largest absolute Gasteiger partial charge is 0.465 e. The SMILES string of the molecule is CCOC(=O)CN1C(=O)C/C(=C\c2ccc3c(ccn3C)c2)C1=O. The molecule has 0 bridgehead atoms. The normalized spacial score (nSPS) is 16.4. The monoisotopic (exact) mass is 326 g/mol. The van der Waals surface area contributed by atoms with E-state index in [-0.39, 0.29) is 25.5 Å². The number of fused-ring (bicyclic) bond motifs is 1. The van der Waals surface area contributed by atoms with Gasteiger partial charge in [-0.15, -0.1) is 0 Å². The predicted octanol–water partition coefficient (Wildman–Crippen LogP) is 1.88. The van der Waals surface area contributed by atoms with Crippen molar-refractivity contribution in [3.63, 3.8) is 0 Å². The fraction of sp³-hybridized carbons (Fsp3) is 0.278. The molecule has 0 atom stereocenters. The van der Waals surface area contributed by atoms with Gasteiger partial charge in [-0.25, -0.2) is 0 Å². The number of carbonyl (C=O) groups excluding carboxylic acids is 3. The van der Waals surface area contributed by atoms with Crippen molar-refractivity contribution in [1.29, 1.82) is 0 Å². The van der Waals surface area contributed by atoms with Gasteiger partial charge in [0.25, 0.3) is 5.91 Å². The lowest BCUT2D eigenvalue weighted by Crippen LogP contribution is -2.35. The van der Waals surface area contributed by atoms with E-state index in [0.717, 1.165) is 21.4 Å². The molecule has 2 aromatic rings. The summed E-state index contributed by atoms with van der Waals surface area (Å²) < 4.78 is 6.81. The molecule has 0 unspecified atom stereocenters. The van der Waals surface area contributed by atoms with Crippen LogP contribution in [0.3, 0.4) is 0 Å². The molecule has 0 aliphatic carbocycles. The smallest absolute Gasteiger partial charge is 0.326 e. The first-order valence-electron chi connectivity index (χ1n) is 7.75. The van der Waals surface area contributed by atoms with E-state index in [9.17, 15) is 14.4 Å². The van der Waals surface area contributed by atoms with Gasteiger partial charge in [-0.1, -0.05) is 6.07 Å². The van der Waals surface area contributed by atoms with Gasteiger partial charge >= 0.3 is 5.97 Å². The van der Waals surface area contributed by atoms with Crippen LogP contribution < -0.4 is 0 Å². The van der Waals surface area contributed by atoms with Crippen LogP contribution in [0.2, 0.25) is 0 Å². The molecule has 124 valence electrons. The molecule has 0 N–H and O–H groups in total. The number of likely N-dealkylation sites (tertiary alicyclic amines) is 1. The standard InChI is InChI=1S/C18H18N2O4/c1-3-24-17(22)11-20-16(21)10-14(18(20)23)9-12-4-5-15-13(8-12)6-7-19(15)2/h4-9H,3,10-11H2,1-2H3/b14-9+. The second-order valence-corrected chi connectivity index (χ2v) is 5.68. The average molecular weight is 326 g/mol. The molecule has 3 rings (SSSR count). The van der Waals surface area contributed by atoms with Crippen LogP contribution in [-0.2, 0) is 26.2 Å². The molecule has 2 heterocycles. The fourth-order valence-corrected chi connectivity index (χ4v) is 2.82. The minimum Gasteiger partial charge on any atom is -0.465 e. The van der Waals surface area contributed by atoms with Gasteiger partial charge in [-0.2, -0.15) is 0 Å². The molecule has 6 heteroatoms. The van der Waals surface area contributed by atoms with Gasteiger partial charge in [-0.05, 0) is 36.8 Å². The number of esters is 1. The summed E-state index contributed by atoms with van der Waals surface area (Å²) in [6.07, 6.45) is 3.68. The van der Waals surface area contributed by atoms with Crippen molar-refractivity contribution in [2.45, 2.75) is 13.3 Å². The molecule has 0 saturated carbocycles. The van der Waals surface area contributed by atoms with Gasteiger partial charge in [0.05, 0.1) is 13.0 Å². The van der Waals surface area contributed by atoms with Crippen molar-refractivity contribution in [3.05, 3.63) is 41.6 Å². The van der Waals surface area contributed by atoms with E-state index in [0.29, 0.717) is 5.57 Å². The van der Waals surface area contributed by atoms with Crippen LogP contribution in [0.25, 0.3) is 17.0 Å². The number of rotatable bonds is 4. The highest BCUT2D eigenvalue weighted by Crippen LogP contribution is 2.23.